The molecule has 0 bridgehead atoms. The van der Waals surface area contributed by atoms with Gasteiger partial charge in [0.25, 0.3) is 0 Å². The molecule has 2 aromatic carbocycles. The minimum atomic E-state index is -0.831. The number of halogens is 1. The highest BCUT2D eigenvalue weighted by Crippen LogP contribution is 2.37. The lowest BCUT2D eigenvalue weighted by molar-refractivity contribution is -0.387. The summed E-state index contributed by atoms with van der Waals surface area (Å²) < 4.78 is 13.6. The molecule has 0 fully saturated rings. The van der Waals surface area contributed by atoms with E-state index in [0.717, 1.165) is 17.5 Å². The Labute approximate surface area is 121 Å². The standard InChI is InChI=1S/C16H14FNO3/c17-14-8-10(5-6-15(14)18(20)21)7-12-9-11-3-1-2-4-13(11)16(12)19/h1-6,8,12,16,19H,7,9H2. The summed E-state index contributed by atoms with van der Waals surface area (Å²) in [5, 5.41) is 20.9. The van der Waals surface area contributed by atoms with E-state index in [2.05, 4.69) is 0 Å². The first-order valence-corrected chi connectivity index (χ1v) is 6.75. The maximum atomic E-state index is 13.6. The molecule has 0 radical (unpaired) electrons. The quantitative estimate of drug-likeness (QED) is 0.696. The van der Waals surface area contributed by atoms with Gasteiger partial charge in [-0.1, -0.05) is 30.3 Å². The molecular weight excluding hydrogens is 273 g/mol. The normalized spacial score (nSPS) is 20.3. The molecule has 0 aliphatic heterocycles. The van der Waals surface area contributed by atoms with Crippen molar-refractivity contribution in [3.05, 3.63) is 75.1 Å². The fourth-order valence-corrected chi connectivity index (χ4v) is 2.97. The van der Waals surface area contributed by atoms with Crippen LogP contribution < -0.4 is 0 Å². The molecule has 0 heterocycles. The Morgan fingerprint density at radius 2 is 2.05 bits per heavy atom. The number of aliphatic hydroxyl groups excluding tert-OH is 1. The molecule has 2 aromatic rings. The molecule has 1 aliphatic carbocycles. The Balaban J connectivity index is 1.80. The minimum absolute atomic E-state index is 0.0248. The van der Waals surface area contributed by atoms with E-state index < -0.39 is 22.5 Å². The maximum absolute atomic E-state index is 13.6. The number of benzene rings is 2. The van der Waals surface area contributed by atoms with E-state index in [0.29, 0.717) is 12.0 Å². The van der Waals surface area contributed by atoms with Crippen molar-refractivity contribution in [2.45, 2.75) is 18.9 Å². The van der Waals surface area contributed by atoms with Crippen molar-refractivity contribution >= 4 is 5.69 Å². The number of aliphatic hydroxyl groups is 1. The number of nitro benzene ring substituents is 1. The molecule has 0 saturated carbocycles. The van der Waals surface area contributed by atoms with E-state index in [1.165, 1.54) is 12.1 Å². The second-order valence-electron chi connectivity index (χ2n) is 5.35. The van der Waals surface area contributed by atoms with E-state index in [-0.39, 0.29) is 5.92 Å². The van der Waals surface area contributed by atoms with Crippen molar-refractivity contribution in [3.63, 3.8) is 0 Å². The molecule has 5 heteroatoms. The summed E-state index contributed by atoms with van der Waals surface area (Å²) in [6.07, 6.45) is 0.653. The summed E-state index contributed by atoms with van der Waals surface area (Å²) in [7, 11) is 0. The van der Waals surface area contributed by atoms with Crippen molar-refractivity contribution in [3.8, 4) is 0 Å². The molecule has 4 nitrogen and oxygen atoms in total. The first-order chi connectivity index (χ1) is 10.1. The highest BCUT2D eigenvalue weighted by atomic mass is 19.1. The van der Waals surface area contributed by atoms with Crippen LogP contribution in [0.4, 0.5) is 10.1 Å². The summed E-state index contributed by atoms with van der Waals surface area (Å²) >= 11 is 0. The summed E-state index contributed by atoms with van der Waals surface area (Å²) in [4.78, 5) is 9.87. The molecule has 0 amide bonds. The minimum Gasteiger partial charge on any atom is -0.388 e. The van der Waals surface area contributed by atoms with Crippen molar-refractivity contribution in [1.82, 2.24) is 0 Å². The molecule has 21 heavy (non-hydrogen) atoms. The molecule has 3 rings (SSSR count). The van der Waals surface area contributed by atoms with Gasteiger partial charge in [-0.25, -0.2) is 0 Å². The van der Waals surface area contributed by atoms with Gasteiger partial charge in [-0.05, 0) is 41.5 Å². The largest absolute Gasteiger partial charge is 0.388 e. The SMILES string of the molecule is O=[N+]([O-])c1ccc(CC2Cc3ccccc3C2O)cc1F. The van der Waals surface area contributed by atoms with Gasteiger partial charge >= 0.3 is 5.69 Å². The number of rotatable bonds is 3. The molecule has 1 aliphatic rings. The van der Waals surface area contributed by atoms with E-state index in [4.69, 9.17) is 0 Å². The average Bonchev–Trinajstić information content (AvgIpc) is 2.76. The third kappa shape index (κ3) is 2.52. The summed E-state index contributed by atoms with van der Waals surface area (Å²) in [5.41, 5.74) is 2.17. The molecule has 2 atom stereocenters. The van der Waals surface area contributed by atoms with E-state index >= 15 is 0 Å². The second-order valence-corrected chi connectivity index (χ2v) is 5.35. The van der Waals surface area contributed by atoms with Crippen LogP contribution in [0.1, 0.15) is 22.8 Å². The monoisotopic (exact) mass is 287 g/mol. The predicted molar refractivity (Wildman–Crippen MR) is 75.4 cm³/mol. The van der Waals surface area contributed by atoms with Crippen molar-refractivity contribution in [2.24, 2.45) is 5.92 Å². The van der Waals surface area contributed by atoms with Gasteiger partial charge in [-0.15, -0.1) is 0 Å². The van der Waals surface area contributed by atoms with Crippen LogP contribution in [0.25, 0.3) is 0 Å². The van der Waals surface area contributed by atoms with Gasteiger partial charge in [0.2, 0.25) is 5.82 Å². The Hall–Kier alpha value is -2.27. The van der Waals surface area contributed by atoms with Crippen LogP contribution in [0.2, 0.25) is 0 Å². The van der Waals surface area contributed by atoms with Crippen molar-refractivity contribution < 1.29 is 14.4 Å². The van der Waals surface area contributed by atoms with Gasteiger partial charge in [-0.3, -0.25) is 10.1 Å². The van der Waals surface area contributed by atoms with Gasteiger partial charge in [0.15, 0.2) is 0 Å². The predicted octanol–water partition coefficient (Wildman–Crippen LogP) is 3.18. The average molecular weight is 287 g/mol. The Bertz CT molecular complexity index is 702. The third-order valence-electron chi connectivity index (χ3n) is 4.01. The fraction of sp³-hybridized carbons (Fsp3) is 0.250. The summed E-state index contributed by atoms with van der Waals surface area (Å²) in [6.45, 7) is 0. The smallest absolute Gasteiger partial charge is 0.304 e. The lowest BCUT2D eigenvalue weighted by atomic mass is 9.94. The second kappa shape index (κ2) is 5.26. The molecular formula is C16H14FNO3. The molecule has 1 N–H and O–H groups in total. The number of fused-ring (bicyclic) bond motifs is 1. The number of nitrogens with zero attached hydrogens (tertiary/aromatic N) is 1. The Morgan fingerprint density at radius 3 is 2.71 bits per heavy atom. The highest BCUT2D eigenvalue weighted by Gasteiger charge is 2.30. The zero-order valence-electron chi connectivity index (χ0n) is 11.2. The maximum Gasteiger partial charge on any atom is 0.304 e. The van der Waals surface area contributed by atoms with Gasteiger partial charge in [0, 0.05) is 6.07 Å². The highest BCUT2D eigenvalue weighted by molar-refractivity contribution is 5.38. The van der Waals surface area contributed by atoms with Crippen LogP contribution in [-0.4, -0.2) is 10.0 Å². The van der Waals surface area contributed by atoms with E-state index in [1.807, 2.05) is 24.3 Å². The van der Waals surface area contributed by atoms with Crippen LogP contribution in [0, 0.1) is 21.8 Å². The van der Waals surface area contributed by atoms with Crippen LogP contribution in [0.5, 0.6) is 0 Å². The number of hydrogen-bond donors (Lipinski definition) is 1. The fourth-order valence-electron chi connectivity index (χ4n) is 2.97. The van der Waals surface area contributed by atoms with Gasteiger partial charge in [0.1, 0.15) is 0 Å². The van der Waals surface area contributed by atoms with Gasteiger partial charge in [-0.2, -0.15) is 4.39 Å². The first-order valence-electron chi connectivity index (χ1n) is 6.75. The molecule has 0 saturated heterocycles. The van der Waals surface area contributed by atoms with Crippen LogP contribution in [-0.2, 0) is 12.8 Å². The summed E-state index contributed by atoms with van der Waals surface area (Å²) in [6, 6.07) is 11.6. The topological polar surface area (TPSA) is 63.4 Å². The molecule has 0 aromatic heterocycles. The van der Waals surface area contributed by atoms with Gasteiger partial charge in [0.05, 0.1) is 11.0 Å². The van der Waals surface area contributed by atoms with E-state index in [1.54, 1.807) is 6.07 Å². The van der Waals surface area contributed by atoms with Crippen molar-refractivity contribution in [2.75, 3.05) is 0 Å². The van der Waals surface area contributed by atoms with Gasteiger partial charge < -0.3 is 5.11 Å². The Morgan fingerprint density at radius 1 is 1.29 bits per heavy atom. The molecule has 108 valence electrons. The lowest BCUT2D eigenvalue weighted by Gasteiger charge is -2.15. The van der Waals surface area contributed by atoms with Crippen LogP contribution >= 0.6 is 0 Å². The van der Waals surface area contributed by atoms with Crippen molar-refractivity contribution in [1.29, 1.82) is 0 Å². The van der Waals surface area contributed by atoms with Crippen LogP contribution in [0.15, 0.2) is 42.5 Å². The third-order valence-corrected chi connectivity index (χ3v) is 4.01. The number of nitro groups is 1. The zero-order chi connectivity index (χ0) is 15.0. The van der Waals surface area contributed by atoms with Crippen LogP contribution in [0.3, 0.4) is 0 Å². The van der Waals surface area contributed by atoms with E-state index in [9.17, 15) is 19.6 Å². The molecule has 0 spiro atoms. The lowest BCUT2D eigenvalue weighted by Crippen LogP contribution is -2.10. The molecule has 2 unspecified atom stereocenters. The first kappa shape index (κ1) is 13.7. The Kier molecular flexibility index (Phi) is 3.43. The summed E-state index contributed by atoms with van der Waals surface area (Å²) in [5.74, 6) is -0.856. The number of hydrogen-bond acceptors (Lipinski definition) is 3. The zero-order valence-corrected chi connectivity index (χ0v) is 11.2.